The Morgan fingerprint density at radius 2 is 1.41 bits per heavy atom. The van der Waals surface area contributed by atoms with Gasteiger partial charge in [0, 0.05) is 56.1 Å². The molecule has 2 aromatic carbocycles. The van der Waals surface area contributed by atoms with E-state index in [1.54, 1.807) is 36.3 Å². The van der Waals surface area contributed by atoms with E-state index in [1.807, 2.05) is 43.0 Å². The molecule has 0 saturated carbocycles. The average molecular weight is 396 g/mol. The van der Waals surface area contributed by atoms with E-state index in [4.69, 9.17) is 4.74 Å². The molecule has 3 rings (SSSR count). The molecule has 0 aromatic heterocycles. The summed E-state index contributed by atoms with van der Waals surface area (Å²) in [5, 5.41) is 0. The Kier molecular flexibility index (Phi) is 6.75. The van der Waals surface area contributed by atoms with Crippen molar-refractivity contribution in [3.05, 3.63) is 59.7 Å². The van der Waals surface area contributed by atoms with E-state index in [2.05, 4.69) is 4.90 Å². The van der Waals surface area contributed by atoms with E-state index in [0.717, 1.165) is 24.5 Å². The van der Waals surface area contributed by atoms with Crippen molar-refractivity contribution in [2.45, 2.75) is 13.8 Å². The first-order chi connectivity index (χ1) is 14.1. The van der Waals surface area contributed by atoms with Crippen molar-refractivity contribution in [3.8, 4) is 5.75 Å². The van der Waals surface area contributed by atoms with Crippen molar-refractivity contribution < 1.29 is 14.3 Å². The standard InChI is InChI=1S/C23H29N3O3/c1-4-24(5-2)22(27)18-6-8-19(9-7-18)23(28)26-16-14-25(15-17-26)20-10-12-21(29-3)13-11-20/h6-13H,4-5,14-17H2,1-3H3. The number of anilines is 1. The number of hydrogen-bond acceptors (Lipinski definition) is 4. The van der Waals surface area contributed by atoms with Crippen molar-refractivity contribution in [2.75, 3.05) is 51.3 Å². The SMILES string of the molecule is CCN(CC)C(=O)c1ccc(C(=O)N2CCN(c3ccc(OC)cc3)CC2)cc1. The van der Waals surface area contributed by atoms with Crippen molar-refractivity contribution >= 4 is 17.5 Å². The lowest BCUT2D eigenvalue weighted by molar-refractivity contribution is 0.0742. The minimum atomic E-state index is 0.00195. The summed E-state index contributed by atoms with van der Waals surface area (Å²) in [7, 11) is 1.66. The molecule has 0 spiro atoms. The van der Waals surface area contributed by atoms with Gasteiger partial charge in [0.15, 0.2) is 0 Å². The molecule has 0 bridgehead atoms. The summed E-state index contributed by atoms with van der Waals surface area (Å²) in [6.45, 7) is 8.20. The zero-order valence-corrected chi connectivity index (χ0v) is 17.4. The number of benzene rings is 2. The molecular formula is C23H29N3O3. The van der Waals surface area contributed by atoms with Gasteiger partial charge in [0.05, 0.1) is 7.11 Å². The van der Waals surface area contributed by atoms with Crippen molar-refractivity contribution in [1.29, 1.82) is 0 Å². The molecule has 29 heavy (non-hydrogen) atoms. The predicted octanol–water partition coefficient (Wildman–Crippen LogP) is 3.14. The monoisotopic (exact) mass is 395 g/mol. The number of hydrogen-bond donors (Lipinski definition) is 0. The largest absolute Gasteiger partial charge is 0.497 e. The highest BCUT2D eigenvalue weighted by Gasteiger charge is 2.23. The molecule has 1 fully saturated rings. The Bertz CT molecular complexity index is 821. The highest BCUT2D eigenvalue weighted by Crippen LogP contribution is 2.21. The Labute approximate surface area is 172 Å². The van der Waals surface area contributed by atoms with Gasteiger partial charge in [0.1, 0.15) is 5.75 Å². The molecule has 0 N–H and O–H groups in total. The number of rotatable bonds is 6. The van der Waals surface area contributed by atoms with Gasteiger partial charge in [0.25, 0.3) is 11.8 Å². The zero-order chi connectivity index (χ0) is 20.8. The second kappa shape index (κ2) is 9.45. The van der Waals surface area contributed by atoms with Crippen LogP contribution < -0.4 is 9.64 Å². The van der Waals surface area contributed by atoms with Crippen LogP contribution >= 0.6 is 0 Å². The molecule has 2 aromatic rings. The molecule has 0 atom stereocenters. The van der Waals surface area contributed by atoms with Crippen LogP contribution in [0.1, 0.15) is 34.6 Å². The molecule has 1 saturated heterocycles. The van der Waals surface area contributed by atoms with Crippen LogP contribution in [0, 0.1) is 0 Å². The van der Waals surface area contributed by atoms with E-state index in [9.17, 15) is 9.59 Å². The summed E-state index contributed by atoms with van der Waals surface area (Å²) >= 11 is 0. The molecule has 0 aliphatic carbocycles. The van der Waals surface area contributed by atoms with Crippen molar-refractivity contribution in [2.24, 2.45) is 0 Å². The third kappa shape index (κ3) is 4.70. The summed E-state index contributed by atoms with van der Waals surface area (Å²) in [6, 6.07) is 15.0. The number of ether oxygens (including phenoxy) is 1. The molecule has 1 aliphatic heterocycles. The van der Waals surface area contributed by atoms with Gasteiger partial charge in [0.2, 0.25) is 0 Å². The van der Waals surface area contributed by atoms with Crippen molar-refractivity contribution in [1.82, 2.24) is 9.80 Å². The van der Waals surface area contributed by atoms with E-state index in [1.165, 1.54) is 0 Å². The number of carbonyl (C=O) groups excluding carboxylic acids is 2. The van der Waals surface area contributed by atoms with E-state index in [0.29, 0.717) is 37.3 Å². The van der Waals surface area contributed by atoms with E-state index < -0.39 is 0 Å². The molecule has 0 radical (unpaired) electrons. The summed E-state index contributed by atoms with van der Waals surface area (Å²) in [5.41, 5.74) is 2.38. The lowest BCUT2D eigenvalue weighted by Gasteiger charge is -2.36. The van der Waals surface area contributed by atoms with Gasteiger partial charge >= 0.3 is 0 Å². The Balaban J connectivity index is 1.59. The number of methoxy groups -OCH3 is 1. The highest BCUT2D eigenvalue weighted by molar-refractivity contribution is 5.98. The van der Waals surface area contributed by atoms with Crippen LogP contribution in [-0.2, 0) is 0 Å². The van der Waals surface area contributed by atoms with Gasteiger partial charge < -0.3 is 19.4 Å². The first kappa shape index (κ1) is 20.7. The van der Waals surface area contributed by atoms with Gasteiger partial charge in [-0.1, -0.05) is 0 Å². The number of carbonyl (C=O) groups is 2. The minimum Gasteiger partial charge on any atom is -0.497 e. The van der Waals surface area contributed by atoms with Crippen LogP contribution in [0.3, 0.4) is 0 Å². The van der Waals surface area contributed by atoms with Gasteiger partial charge in [-0.25, -0.2) is 0 Å². The fourth-order valence-electron chi connectivity index (χ4n) is 3.59. The molecule has 1 aliphatic rings. The maximum atomic E-state index is 12.8. The zero-order valence-electron chi connectivity index (χ0n) is 17.4. The van der Waals surface area contributed by atoms with Gasteiger partial charge in [-0.05, 0) is 62.4 Å². The Hall–Kier alpha value is -3.02. The summed E-state index contributed by atoms with van der Waals surface area (Å²) in [4.78, 5) is 31.2. The maximum absolute atomic E-state index is 12.8. The van der Waals surface area contributed by atoms with Gasteiger partial charge in [-0.3, -0.25) is 9.59 Å². The molecule has 2 amide bonds. The quantitative estimate of drug-likeness (QED) is 0.754. The topological polar surface area (TPSA) is 53.1 Å². The molecule has 6 nitrogen and oxygen atoms in total. The molecule has 6 heteroatoms. The van der Waals surface area contributed by atoms with Crippen LogP contribution in [-0.4, -0.2) is 68.0 Å². The number of nitrogens with zero attached hydrogens (tertiary/aromatic N) is 3. The van der Waals surface area contributed by atoms with Crippen LogP contribution in [0.2, 0.25) is 0 Å². The van der Waals surface area contributed by atoms with Crippen LogP contribution in [0.25, 0.3) is 0 Å². The smallest absolute Gasteiger partial charge is 0.253 e. The van der Waals surface area contributed by atoms with E-state index >= 15 is 0 Å². The third-order valence-electron chi connectivity index (χ3n) is 5.43. The normalized spacial score (nSPS) is 13.9. The Morgan fingerprint density at radius 1 is 0.862 bits per heavy atom. The first-order valence-electron chi connectivity index (χ1n) is 10.1. The van der Waals surface area contributed by atoms with Gasteiger partial charge in [-0.2, -0.15) is 0 Å². The molecule has 1 heterocycles. The number of amides is 2. The third-order valence-corrected chi connectivity index (χ3v) is 5.43. The fourth-order valence-corrected chi connectivity index (χ4v) is 3.59. The summed E-state index contributed by atoms with van der Waals surface area (Å²) < 4.78 is 5.21. The minimum absolute atomic E-state index is 0.00195. The van der Waals surface area contributed by atoms with E-state index in [-0.39, 0.29) is 11.8 Å². The summed E-state index contributed by atoms with van der Waals surface area (Å²) in [5.74, 6) is 0.855. The molecule has 0 unspecified atom stereocenters. The second-order valence-electron chi connectivity index (χ2n) is 7.03. The van der Waals surface area contributed by atoms with Crippen LogP contribution in [0.5, 0.6) is 5.75 Å². The van der Waals surface area contributed by atoms with Crippen LogP contribution in [0.15, 0.2) is 48.5 Å². The maximum Gasteiger partial charge on any atom is 0.253 e. The fraction of sp³-hybridized carbons (Fsp3) is 0.391. The predicted molar refractivity (Wildman–Crippen MR) is 115 cm³/mol. The average Bonchev–Trinajstić information content (AvgIpc) is 2.79. The first-order valence-corrected chi connectivity index (χ1v) is 10.1. The van der Waals surface area contributed by atoms with Crippen LogP contribution in [0.4, 0.5) is 5.69 Å². The molecular weight excluding hydrogens is 366 g/mol. The highest BCUT2D eigenvalue weighted by atomic mass is 16.5. The second-order valence-corrected chi connectivity index (χ2v) is 7.03. The Morgan fingerprint density at radius 3 is 1.93 bits per heavy atom. The van der Waals surface area contributed by atoms with Crippen molar-refractivity contribution in [3.63, 3.8) is 0 Å². The lowest BCUT2D eigenvalue weighted by atomic mass is 10.1. The lowest BCUT2D eigenvalue weighted by Crippen LogP contribution is -2.48. The molecule has 154 valence electrons. The van der Waals surface area contributed by atoms with Gasteiger partial charge in [-0.15, -0.1) is 0 Å². The number of piperazine rings is 1. The summed E-state index contributed by atoms with van der Waals surface area (Å²) in [6.07, 6.45) is 0.